The molecule has 0 aromatic carbocycles. The number of fused-ring (bicyclic) bond motifs is 2. The van der Waals surface area contributed by atoms with Crippen LogP contribution in [0.5, 0.6) is 0 Å². The van der Waals surface area contributed by atoms with E-state index in [1.165, 1.54) is 0 Å². The Morgan fingerprint density at radius 1 is 1.31 bits per heavy atom. The van der Waals surface area contributed by atoms with Crippen LogP contribution in [-0.4, -0.2) is 17.6 Å². The fourth-order valence-corrected chi connectivity index (χ4v) is 2.90. The maximum atomic E-state index is 11.0. The highest BCUT2D eigenvalue weighted by molar-refractivity contribution is 5.85. The van der Waals surface area contributed by atoms with Crippen LogP contribution in [0, 0.1) is 10.8 Å². The second-order valence-electron chi connectivity index (χ2n) is 4.47. The Hall–Kier alpha value is -0.280. The van der Waals surface area contributed by atoms with Crippen molar-refractivity contribution in [1.82, 2.24) is 0 Å². The van der Waals surface area contributed by atoms with E-state index in [0.29, 0.717) is 6.54 Å². The molecule has 0 aromatic rings. The lowest BCUT2D eigenvalue weighted by Gasteiger charge is -2.24. The Kier molecular flexibility index (Phi) is 2.61. The van der Waals surface area contributed by atoms with Crippen LogP contribution < -0.4 is 5.73 Å². The molecule has 0 saturated heterocycles. The van der Waals surface area contributed by atoms with E-state index in [-0.39, 0.29) is 23.2 Å². The van der Waals surface area contributed by atoms with Gasteiger partial charge in [-0.1, -0.05) is 0 Å². The number of aliphatic carboxylic acids is 1. The van der Waals surface area contributed by atoms with Gasteiger partial charge in [0, 0.05) is 0 Å². The Morgan fingerprint density at radius 2 is 1.85 bits per heavy atom. The third-order valence-electron chi connectivity index (χ3n) is 3.87. The molecule has 4 heteroatoms. The fourth-order valence-electron chi connectivity index (χ4n) is 2.90. The first-order valence-electron chi connectivity index (χ1n) is 4.56. The van der Waals surface area contributed by atoms with Crippen molar-refractivity contribution in [2.45, 2.75) is 32.1 Å². The van der Waals surface area contributed by atoms with Gasteiger partial charge in [-0.3, -0.25) is 4.79 Å². The maximum absolute atomic E-state index is 11.0. The van der Waals surface area contributed by atoms with Gasteiger partial charge in [0.1, 0.15) is 0 Å². The predicted octanol–water partition coefficient (Wildman–Crippen LogP) is 1.40. The molecule has 0 aliphatic heterocycles. The quantitative estimate of drug-likeness (QED) is 0.717. The third kappa shape index (κ3) is 1.34. The van der Waals surface area contributed by atoms with Crippen molar-refractivity contribution in [2.24, 2.45) is 16.6 Å². The van der Waals surface area contributed by atoms with Gasteiger partial charge in [-0.15, -0.1) is 12.4 Å². The summed E-state index contributed by atoms with van der Waals surface area (Å²) in [4.78, 5) is 11.0. The second-order valence-corrected chi connectivity index (χ2v) is 4.47. The lowest BCUT2D eigenvalue weighted by atomic mass is 9.82. The first kappa shape index (κ1) is 10.8. The minimum atomic E-state index is -0.602. The molecule has 76 valence electrons. The number of halogens is 1. The molecule has 13 heavy (non-hydrogen) atoms. The lowest BCUT2D eigenvalue weighted by Crippen LogP contribution is -2.25. The zero-order valence-electron chi connectivity index (χ0n) is 7.58. The van der Waals surface area contributed by atoms with Gasteiger partial charge in [-0.25, -0.2) is 0 Å². The Labute approximate surface area is 84.1 Å². The molecule has 2 aliphatic carbocycles. The van der Waals surface area contributed by atoms with E-state index in [9.17, 15) is 4.79 Å². The van der Waals surface area contributed by atoms with Gasteiger partial charge < -0.3 is 10.8 Å². The van der Waals surface area contributed by atoms with E-state index in [4.69, 9.17) is 10.8 Å². The first-order chi connectivity index (χ1) is 5.63. The minimum Gasteiger partial charge on any atom is -0.481 e. The van der Waals surface area contributed by atoms with Gasteiger partial charge >= 0.3 is 5.97 Å². The molecule has 3 N–H and O–H groups in total. The summed E-state index contributed by atoms with van der Waals surface area (Å²) in [5.41, 5.74) is 5.48. The molecule has 0 amide bonds. The van der Waals surface area contributed by atoms with E-state index >= 15 is 0 Å². The molecule has 0 radical (unpaired) electrons. The monoisotopic (exact) mass is 205 g/mol. The van der Waals surface area contributed by atoms with Crippen LogP contribution in [0.4, 0.5) is 0 Å². The van der Waals surface area contributed by atoms with Crippen molar-refractivity contribution in [3.63, 3.8) is 0 Å². The van der Waals surface area contributed by atoms with Gasteiger partial charge in [0.25, 0.3) is 0 Å². The fraction of sp³-hybridized carbons (Fsp3) is 0.889. The van der Waals surface area contributed by atoms with E-state index in [1.807, 2.05) is 0 Å². The van der Waals surface area contributed by atoms with Crippen LogP contribution >= 0.6 is 12.4 Å². The van der Waals surface area contributed by atoms with Crippen LogP contribution in [0.2, 0.25) is 0 Å². The molecule has 0 spiro atoms. The number of carbonyl (C=O) groups is 1. The standard InChI is InChI=1S/C9H15NO2.ClH/c10-6-8-1-3-9(5-8,4-2-8)7(11)12;/h1-6,10H2,(H,11,12);1H. The minimum absolute atomic E-state index is 0. The number of carboxylic acids is 1. The summed E-state index contributed by atoms with van der Waals surface area (Å²) in [6.45, 7) is 0.669. The average Bonchev–Trinajstić information content (AvgIpc) is 2.61. The molecule has 0 aromatic heterocycles. The van der Waals surface area contributed by atoms with Gasteiger partial charge in [0.05, 0.1) is 5.41 Å². The topological polar surface area (TPSA) is 63.3 Å². The summed E-state index contributed by atoms with van der Waals surface area (Å²) in [7, 11) is 0. The highest BCUT2D eigenvalue weighted by atomic mass is 35.5. The summed E-state index contributed by atoms with van der Waals surface area (Å²) in [5, 5.41) is 9.06. The van der Waals surface area contributed by atoms with Gasteiger partial charge in [0.2, 0.25) is 0 Å². The Bertz CT molecular complexity index is 222. The van der Waals surface area contributed by atoms with E-state index in [2.05, 4.69) is 0 Å². The summed E-state index contributed by atoms with van der Waals surface area (Å²) >= 11 is 0. The molecule has 2 fully saturated rings. The van der Waals surface area contributed by atoms with Crippen molar-refractivity contribution in [1.29, 1.82) is 0 Å². The van der Waals surface area contributed by atoms with Gasteiger partial charge in [0.15, 0.2) is 0 Å². The number of nitrogens with two attached hydrogens (primary N) is 1. The summed E-state index contributed by atoms with van der Waals surface area (Å²) in [5.74, 6) is -0.602. The Balaban J connectivity index is 0.000000845. The van der Waals surface area contributed by atoms with E-state index in [0.717, 1.165) is 32.1 Å². The SMILES string of the molecule is Cl.NCC12CCC(C(=O)O)(CC1)C2. The van der Waals surface area contributed by atoms with Crippen LogP contribution in [-0.2, 0) is 4.79 Å². The number of carboxylic acid groups (broad SMARTS) is 1. The summed E-state index contributed by atoms with van der Waals surface area (Å²) in [6.07, 6.45) is 4.57. The molecule has 2 rings (SSSR count). The number of hydrogen-bond acceptors (Lipinski definition) is 2. The molecule has 0 unspecified atom stereocenters. The molecule has 2 aliphatic rings. The second kappa shape index (κ2) is 3.14. The zero-order valence-corrected chi connectivity index (χ0v) is 8.40. The smallest absolute Gasteiger partial charge is 0.309 e. The molecule has 0 atom stereocenters. The predicted molar refractivity (Wildman–Crippen MR) is 51.9 cm³/mol. The van der Waals surface area contributed by atoms with Crippen molar-refractivity contribution in [3.8, 4) is 0 Å². The van der Waals surface area contributed by atoms with Crippen molar-refractivity contribution >= 4 is 18.4 Å². The lowest BCUT2D eigenvalue weighted by molar-refractivity contribution is -0.148. The van der Waals surface area contributed by atoms with Crippen LogP contribution in [0.15, 0.2) is 0 Å². The Morgan fingerprint density at radius 3 is 2.08 bits per heavy atom. The molecular weight excluding hydrogens is 190 g/mol. The molecule has 0 heterocycles. The molecule has 3 nitrogen and oxygen atoms in total. The highest BCUT2D eigenvalue weighted by Gasteiger charge is 2.57. The van der Waals surface area contributed by atoms with Crippen molar-refractivity contribution < 1.29 is 9.90 Å². The average molecular weight is 206 g/mol. The zero-order chi connectivity index (χ0) is 8.82. The summed E-state index contributed by atoms with van der Waals surface area (Å²) in [6, 6.07) is 0. The number of rotatable bonds is 2. The molecular formula is C9H16ClNO2. The largest absolute Gasteiger partial charge is 0.481 e. The van der Waals surface area contributed by atoms with Crippen LogP contribution in [0.3, 0.4) is 0 Å². The third-order valence-corrected chi connectivity index (χ3v) is 3.87. The van der Waals surface area contributed by atoms with Crippen molar-refractivity contribution in [3.05, 3.63) is 0 Å². The van der Waals surface area contributed by atoms with Crippen LogP contribution in [0.1, 0.15) is 32.1 Å². The maximum Gasteiger partial charge on any atom is 0.309 e. The van der Waals surface area contributed by atoms with Crippen LogP contribution in [0.25, 0.3) is 0 Å². The van der Waals surface area contributed by atoms with Gasteiger partial charge in [-0.2, -0.15) is 0 Å². The van der Waals surface area contributed by atoms with E-state index in [1.54, 1.807) is 0 Å². The van der Waals surface area contributed by atoms with E-state index < -0.39 is 5.97 Å². The molecule has 2 bridgehead atoms. The van der Waals surface area contributed by atoms with Gasteiger partial charge in [-0.05, 0) is 44.1 Å². The first-order valence-corrected chi connectivity index (χ1v) is 4.56. The normalized spacial score (nSPS) is 41.6. The number of hydrogen-bond donors (Lipinski definition) is 2. The molecule has 2 saturated carbocycles. The van der Waals surface area contributed by atoms with Crippen molar-refractivity contribution in [2.75, 3.05) is 6.54 Å². The highest BCUT2D eigenvalue weighted by Crippen LogP contribution is 2.61. The summed E-state index contributed by atoms with van der Waals surface area (Å²) < 4.78 is 0.